The van der Waals surface area contributed by atoms with Gasteiger partial charge in [-0.2, -0.15) is 0 Å². The lowest BCUT2D eigenvalue weighted by atomic mass is 10.1. The first-order valence-corrected chi connectivity index (χ1v) is 8.89. The number of likely N-dealkylation sites (N-methyl/N-ethyl adjacent to an activating group) is 1. The summed E-state index contributed by atoms with van der Waals surface area (Å²) in [5.41, 5.74) is 2.96. The highest BCUT2D eigenvalue weighted by atomic mass is 35.5. The number of para-hydroxylation sites is 1. The number of nitrogens with zero attached hydrogens (tertiary/aromatic N) is 1. The minimum Gasteiger partial charge on any atom is -0.360 e. The van der Waals surface area contributed by atoms with Gasteiger partial charge in [-0.1, -0.05) is 29.8 Å². The average molecular weight is 385 g/mol. The Morgan fingerprint density at radius 3 is 2.41 bits per heavy atom. The van der Waals surface area contributed by atoms with Crippen molar-refractivity contribution in [2.45, 2.75) is 6.42 Å². The van der Waals surface area contributed by atoms with Crippen LogP contribution in [0.1, 0.15) is 5.56 Å². The highest BCUT2D eigenvalue weighted by Gasteiger charge is 2.11. The van der Waals surface area contributed by atoms with Crippen molar-refractivity contribution in [1.29, 1.82) is 0 Å². The number of anilines is 2. The van der Waals surface area contributed by atoms with Gasteiger partial charge in [0.2, 0.25) is 11.8 Å². The van der Waals surface area contributed by atoms with Crippen LogP contribution in [0.25, 0.3) is 10.9 Å². The summed E-state index contributed by atoms with van der Waals surface area (Å²) < 4.78 is 0. The molecule has 7 heteroatoms. The molecule has 0 fully saturated rings. The summed E-state index contributed by atoms with van der Waals surface area (Å²) in [6.07, 6.45) is 2.02. The van der Waals surface area contributed by atoms with E-state index in [0.717, 1.165) is 16.5 Å². The van der Waals surface area contributed by atoms with Crippen LogP contribution >= 0.6 is 11.6 Å². The number of aromatic amines is 1. The van der Waals surface area contributed by atoms with E-state index in [9.17, 15) is 9.59 Å². The highest BCUT2D eigenvalue weighted by molar-refractivity contribution is 6.35. The summed E-state index contributed by atoms with van der Waals surface area (Å²) in [5, 5.41) is 7.24. The second kappa shape index (κ2) is 8.24. The normalized spacial score (nSPS) is 11.0. The molecule has 2 amide bonds. The molecule has 140 valence electrons. The van der Waals surface area contributed by atoms with E-state index >= 15 is 0 Å². The number of carbonyl (C=O) groups is 2. The third kappa shape index (κ3) is 4.87. The van der Waals surface area contributed by atoms with E-state index in [1.165, 1.54) is 0 Å². The monoisotopic (exact) mass is 384 g/mol. The standard InChI is InChI=1S/C20H21ClN4O2/c1-25(2)12-19(27)24-15-6-3-5-14(10-15)23-18(26)9-13-11-22-20-16(13)7-4-8-17(20)21/h3-8,10-11,22H,9,12H2,1-2H3,(H,23,26)(H,24,27). The Labute approximate surface area is 162 Å². The zero-order valence-electron chi connectivity index (χ0n) is 15.2. The zero-order valence-corrected chi connectivity index (χ0v) is 15.9. The van der Waals surface area contributed by atoms with Gasteiger partial charge in [0, 0.05) is 23.0 Å². The predicted octanol–water partition coefficient (Wildman–Crippen LogP) is 3.50. The van der Waals surface area contributed by atoms with Gasteiger partial charge in [-0.05, 0) is 43.9 Å². The summed E-state index contributed by atoms with van der Waals surface area (Å²) in [6, 6.07) is 12.7. The molecule has 2 aromatic carbocycles. The Bertz CT molecular complexity index is 981. The van der Waals surface area contributed by atoms with E-state index in [-0.39, 0.29) is 18.2 Å². The fraction of sp³-hybridized carbons (Fsp3) is 0.200. The van der Waals surface area contributed by atoms with Crippen LogP contribution in [0.15, 0.2) is 48.7 Å². The van der Waals surface area contributed by atoms with Gasteiger partial charge in [-0.15, -0.1) is 0 Å². The summed E-state index contributed by atoms with van der Waals surface area (Å²) in [4.78, 5) is 29.2. The minimum atomic E-state index is -0.146. The smallest absolute Gasteiger partial charge is 0.238 e. The molecule has 0 bridgehead atoms. The van der Waals surface area contributed by atoms with E-state index < -0.39 is 0 Å². The molecule has 6 nitrogen and oxygen atoms in total. The van der Waals surface area contributed by atoms with E-state index in [0.29, 0.717) is 22.9 Å². The molecule has 0 saturated heterocycles. The van der Waals surface area contributed by atoms with Gasteiger partial charge in [-0.25, -0.2) is 0 Å². The number of amides is 2. The predicted molar refractivity (Wildman–Crippen MR) is 109 cm³/mol. The van der Waals surface area contributed by atoms with Gasteiger partial charge in [0.25, 0.3) is 0 Å². The maximum absolute atomic E-state index is 12.4. The van der Waals surface area contributed by atoms with Gasteiger partial charge in [0.05, 0.1) is 23.5 Å². The van der Waals surface area contributed by atoms with Crippen LogP contribution in [0.4, 0.5) is 11.4 Å². The van der Waals surface area contributed by atoms with Crippen molar-refractivity contribution in [2.24, 2.45) is 0 Å². The molecule has 1 aromatic heterocycles. The molecular weight excluding hydrogens is 364 g/mol. The molecule has 0 aliphatic rings. The van der Waals surface area contributed by atoms with Crippen LogP contribution < -0.4 is 10.6 Å². The first kappa shape index (κ1) is 18.9. The van der Waals surface area contributed by atoms with Crippen LogP contribution in [0, 0.1) is 0 Å². The van der Waals surface area contributed by atoms with E-state index in [4.69, 9.17) is 11.6 Å². The number of rotatable bonds is 6. The fourth-order valence-corrected chi connectivity index (χ4v) is 3.09. The lowest BCUT2D eigenvalue weighted by Crippen LogP contribution is -2.27. The van der Waals surface area contributed by atoms with Crippen molar-refractivity contribution < 1.29 is 9.59 Å². The third-order valence-electron chi connectivity index (χ3n) is 3.99. The van der Waals surface area contributed by atoms with Crippen molar-refractivity contribution >= 4 is 45.7 Å². The number of hydrogen-bond acceptors (Lipinski definition) is 3. The van der Waals surface area contributed by atoms with Crippen molar-refractivity contribution in [3.05, 3.63) is 59.2 Å². The topological polar surface area (TPSA) is 77.2 Å². The number of nitrogens with one attached hydrogen (secondary N) is 3. The number of carbonyl (C=O) groups excluding carboxylic acids is 2. The van der Waals surface area contributed by atoms with E-state index in [2.05, 4.69) is 15.6 Å². The molecule has 1 heterocycles. The zero-order chi connectivity index (χ0) is 19.4. The number of hydrogen-bond donors (Lipinski definition) is 3. The summed E-state index contributed by atoms with van der Waals surface area (Å²) >= 11 is 6.16. The largest absolute Gasteiger partial charge is 0.360 e. The number of benzene rings is 2. The SMILES string of the molecule is CN(C)CC(=O)Nc1cccc(NC(=O)Cc2c[nH]c3c(Cl)cccc23)c1. The van der Waals surface area contributed by atoms with Crippen molar-refractivity contribution in [3.63, 3.8) is 0 Å². The van der Waals surface area contributed by atoms with Crippen LogP contribution in [-0.2, 0) is 16.0 Å². The maximum atomic E-state index is 12.4. The Morgan fingerprint density at radius 1 is 1.04 bits per heavy atom. The number of H-pyrrole nitrogens is 1. The van der Waals surface area contributed by atoms with Gasteiger partial charge < -0.3 is 20.5 Å². The molecule has 0 saturated carbocycles. The molecule has 3 rings (SSSR count). The van der Waals surface area contributed by atoms with E-state index in [1.807, 2.05) is 26.2 Å². The lowest BCUT2D eigenvalue weighted by molar-refractivity contribution is -0.117. The van der Waals surface area contributed by atoms with Crippen molar-refractivity contribution in [2.75, 3.05) is 31.3 Å². The molecule has 3 aromatic rings. The molecule has 0 radical (unpaired) electrons. The second-order valence-corrected chi connectivity index (χ2v) is 6.98. The molecular formula is C20H21ClN4O2. The fourth-order valence-electron chi connectivity index (χ4n) is 2.86. The summed E-state index contributed by atoms with van der Waals surface area (Å²) in [6.45, 7) is 0.291. The van der Waals surface area contributed by atoms with Gasteiger partial charge in [-0.3, -0.25) is 9.59 Å². The maximum Gasteiger partial charge on any atom is 0.238 e. The van der Waals surface area contributed by atoms with Crippen LogP contribution in [0.3, 0.4) is 0 Å². The minimum absolute atomic E-state index is 0.112. The van der Waals surface area contributed by atoms with Gasteiger partial charge >= 0.3 is 0 Å². The molecule has 3 N–H and O–H groups in total. The Hall–Kier alpha value is -2.83. The molecule has 0 aliphatic carbocycles. The lowest BCUT2D eigenvalue weighted by Gasteiger charge is -2.11. The molecule has 0 atom stereocenters. The first-order chi connectivity index (χ1) is 12.9. The highest BCUT2D eigenvalue weighted by Crippen LogP contribution is 2.25. The number of halogens is 1. The van der Waals surface area contributed by atoms with Crippen LogP contribution in [-0.4, -0.2) is 42.3 Å². The number of fused-ring (bicyclic) bond motifs is 1. The third-order valence-corrected chi connectivity index (χ3v) is 4.31. The Kier molecular flexibility index (Phi) is 5.78. The Morgan fingerprint density at radius 2 is 1.70 bits per heavy atom. The van der Waals surface area contributed by atoms with Gasteiger partial charge in [0.1, 0.15) is 0 Å². The van der Waals surface area contributed by atoms with Crippen molar-refractivity contribution in [1.82, 2.24) is 9.88 Å². The van der Waals surface area contributed by atoms with Gasteiger partial charge in [0.15, 0.2) is 0 Å². The van der Waals surface area contributed by atoms with E-state index in [1.54, 1.807) is 41.4 Å². The average Bonchev–Trinajstić information content (AvgIpc) is 2.98. The van der Waals surface area contributed by atoms with Crippen LogP contribution in [0.5, 0.6) is 0 Å². The molecule has 0 aliphatic heterocycles. The quantitative estimate of drug-likeness (QED) is 0.608. The summed E-state index contributed by atoms with van der Waals surface area (Å²) in [5.74, 6) is -0.258. The van der Waals surface area contributed by atoms with Crippen LogP contribution in [0.2, 0.25) is 5.02 Å². The van der Waals surface area contributed by atoms with Crippen molar-refractivity contribution in [3.8, 4) is 0 Å². The summed E-state index contributed by atoms with van der Waals surface area (Å²) in [7, 11) is 3.65. The molecule has 0 unspecified atom stereocenters. The molecule has 0 spiro atoms. The Balaban J connectivity index is 1.66. The molecule has 27 heavy (non-hydrogen) atoms. The first-order valence-electron chi connectivity index (χ1n) is 8.51. The second-order valence-electron chi connectivity index (χ2n) is 6.57. The number of aromatic nitrogens is 1.